The Balaban J connectivity index is 1.64. The fourth-order valence-electron chi connectivity index (χ4n) is 3.50. The zero-order valence-corrected chi connectivity index (χ0v) is 17.6. The van der Waals surface area contributed by atoms with Crippen molar-refractivity contribution >= 4 is 11.3 Å². The summed E-state index contributed by atoms with van der Waals surface area (Å²) in [6.07, 6.45) is 2.00. The molecule has 4 heterocycles. The van der Waals surface area contributed by atoms with Gasteiger partial charge in [0.15, 0.2) is 11.6 Å². The number of benzene rings is 1. The predicted octanol–water partition coefficient (Wildman–Crippen LogP) is 4.50. The first kappa shape index (κ1) is 19.8. The Bertz CT molecular complexity index is 1290. The third-order valence-electron chi connectivity index (χ3n) is 5.04. The highest BCUT2D eigenvalue weighted by molar-refractivity contribution is 7.19. The lowest BCUT2D eigenvalue weighted by atomic mass is 10.0. The van der Waals surface area contributed by atoms with Crippen LogP contribution in [-0.2, 0) is 12.0 Å². The van der Waals surface area contributed by atoms with Crippen LogP contribution in [0.15, 0.2) is 42.7 Å². The maximum absolute atomic E-state index is 14.4. The molecule has 0 spiro atoms. The number of pyridine rings is 1. The number of hydrogen-bond donors (Lipinski definition) is 1. The number of hydrogen-bond acceptors (Lipinski definition) is 6. The topological polar surface area (TPSA) is 73.1 Å². The van der Waals surface area contributed by atoms with Crippen molar-refractivity contribution < 1.29 is 18.6 Å². The summed E-state index contributed by atoms with van der Waals surface area (Å²) in [7, 11) is 0. The number of aromatic nitrogens is 4. The van der Waals surface area contributed by atoms with E-state index in [9.17, 15) is 13.9 Å². The van der Waals surface area contributed by atoms with Gasteiger partial charge in [-0.25, -0.2) is 23.4 Å². The molecule has 0 saturated carbocycles. The van der Waals surface area contributed by atoms with Crippen LogP contribution in [0.3, 0.4) is 0 Å². The van der Waals surface area contributed by atoms with E-state index in [2.05, 4.69) is 15.1 Å². The molecular formula is C22H18F2N4O2S. The molecule has 6 nitrogen and oxygen atoms in total. The molecular weight excluding hydrogens is 422 g/mol. The summed E-state index contributed by atoms with van der Waals surface area (Å²) in [6, 6.07) is 8.89. The van der Waals surface area contributed by atoms with Crippen molar-refractivity contribution in [3.8, 4) is 32.7 Å². The molecule has 1 aromatic carbocycles. The van der Waals surface area contributed by atoms with E-state index >= 15 is 0 Å². The van der Waals surface area contributed by atoms with Crippen molar-refractivity contribution in [2.24, 2.45) is 0 Å². The van der Waals surface area contributed by atoms with Crippen LogP contribution in [0, 0.1) is 11.6 Å². The molecule has 0 unspecified atom stereocenters. The molecule has 0 fully saturated rings. The van der Waals surface area contributed by atoms with Gasteiger partial charge in [0.05, 0.1) is 22.1 Å². The minimum Gasteiger partial charge on any atom is -0.491 e. The third-order valence-corrected chi connectivity index (χ3v) is 6.22. The standard InChI is InChI=1S/C22H18F2N4O2S/c1-22(2,29)18-6-5-16-19(27-18)20-12(7-8-30-16)9-17(31-20)21-25-11-26-28(21)15-4-3-13(23)10-14(15)24/h3-6,9-11,29H,7-8H2,1-2H3. The Morgan fingerprint density at radius 1 is 1.16 bits per heavy atom. The molecule has 31 heavy (non-hydrogen) atoms. The highest BCUT2D eigenvalue weighted by atomic mass is 32.1. The fourth-order valence-corrected chi connectivity index (χ4v) is 4.69. The third kappa shape index (κ3) is 3.49. The van der Waals surface area contributed by atoms with Crippen molar-refractivity contribution in [2.45, 2.75) is 25.9 Å². The van der Waals surface area contributed by atoms with E-state index < -0.39 is 17.2 Å². The SMILES string of the molecule is CC(C)(O)c1ccc2c(n1)-c1sc(-c3ncnn3-c3ccc(F)cc3F)cc1CCO2. The van der Waals surface area contributed by atoms with Gasteiger partial charge in [-0.05, 0) is 49.7 Å². The second kappa shape index (κ2) is 7.21. The zero-order chi connectivity index (χ0) is 21.8. The Morgan fingerprint density at radius 2 is 2.00 bits per heavy atom. The normalized spacial score (nSPS) is 13.3. The molecule has 0 atom stereocenters. The number of halogens is 2. The lowest BCUT2D eigenvalue weighted by Gasteiger charge is -2.18. The van der Waals surface area contributed by atoms with Crippen molar-refractivity contribution in [3.05, 3.63) is 65.6 Å². The Morgan fingerprint density at radius 3 is 2.77 bits per heavy atom. The molecule has 0 amide bonds. The number of nitrogens with zero attached hydrogens (tertiary/aromatic N) is 4. The van der Waals surface area contributed by atoms with Crippen LogP contribution in [0.2, 0.25) is 0 Å². The molecule has 0 bridgehead atoms. The predicted molar refractivity (Wildman–Crippen MR) is 112 cm³/mol. The van der Waals surface area contributed by atoms with Crippen molar-refractivity contribution in [2.75, 3.05) is 6.61 Å². The van der Waals surface area contributed by atoms with Crippen LogP contribution in [0.4, 0.5) is 8.78 Å². The van der Waals surface area contributed by atoms with Gasteiger partial charge >= 0.3 is 0 Å². The number of thiophene rings is 1. The second-order valence-corrected chi connectivity index (χ2v) is 8.81. The number of rotatable bonds is 3. The van der Waals surface area contributed by atoms with Gasteiger partial charge in [-0.3, -0.25) is 0 Å². The molecule has 0 radical (unpaired) electrons. The molecule has 0 aliphatic carbocycles. The Hall–Kier alpha value is -3.17. The average molecular weight is 440 g/mol. The van der Waals surface area contributed by atoms with E-state index in [0.29, 0.717) is 36.0 Å². The quantitative estimate of drug-likeness (QED) is 0.508. The summed E-state index contributed by atoms with van der Waals surface area (Å²) in [6.45, 7) is 3.85. The van der Waals surface area contributed by atoms with Gasteiger partial charge in [0.1, 0.15) is 34.9 Å². The van der Waals surface area contributed by atoms with Crippen LogP contribution in [0.25, 0.3) is 27.0 Å². The van der Waals surface area contributed by atoms with Gasteiger partial charge in [-0.15, -0.1) is 11.3 Å². The van der Waals surface area contributed by atoms with E-state index in [1.165, 1.54) is 34.5 Å². The van der Waals surface area contributed by atoms with Crippen LogP contribution in [-0.4, -0.2) is 31.5 Å². The largest absolute Gasteiger partial charge is 0.491 e. The highest BCUT2D eigenvalue weighted by Gasteiger charge is 2.26. The fraction of sp³-hybridized carbons (Fsp3) is 0.227. The minimum atomic E-state index is -1.10. The zero-order valence-electron chi connectivity index (χ0n) is 16.8. The molecule has 5 rings (SSSR count). The maximum Gasteiger partial charge on any atom is 0.173 e. The van der Waals surface area contributed by atoms with Crippen LogP contribution >= 0.6 is 11.3 Å². The molecule has 1 aliphatic rings. The average Bonchev–Trinajstić information content (AvgIpc) is 3.31. The van der Waals surface area contributed by atoms with Gasteiger partial charge in [0, 0.05) is 12.5 Å². The number of aliphatic hydroxyl groups is 1. The molecule has 158 valence electrons. The molecule has 9 heteroatoms. The molecule has 1 aliphatic heterocycles. The van der Waals surface area contributed by atoms with Crippen LogP contribution < -0.4 is 4.74 Å². The van der Waals surface area contributed by atoms with E-state index in [4.69, 9.17) is 4.74 Å². The van der Waals surface area contributed by atoms with Crippen molar-refractivity contribution in [3.63, 3.8) is 0 Å². The van der Waals surface area contributed by atoms with E-state index in [-0.39, 0.29) is 5.69 Å². The monoisotopic (exact) mass is 440 g/mol. The van der Waals surface area contributed by atoms with Crippen LogP contribution in [0.1, 0.15) is 25.1 Å². The van der Waals surface area contributed by atoms with E-state index in [1.54, 1.807) is 19.9 Å². The van der Waals surface area contributed by atoms with Gasteiger partial charge in [-0.1, -0.05) is 0 Å². The summed E-state index contributed by atoms with van der Waals surface area (Å²) < 4.78 is 34.9. The van der Waals surface area contributed by atoms with Crippen molar-refractivity contribution in [1.29, 1.82) is 0 Å². The minimum absolute atomic E-state index is 0.115. The number of ether oxygens (including phenoxy) is 1. The molecule has 4 aromatic rings. The molecule has 0 saturated heterocycles. The Labute approximate surface area is 180 Å². The first-order valence-electron chi connectivity index (χ1n) is 9.67. The molecule has 1 N–H and O–H groups in total. The van der Waals surface area contributed by atoms with E-state index in [1.807, 2.05) is 12.1 Å². The lowest BCUT2D eigenvalue weighted by Crippen LogP contribution is -2.17. The summed E-state index contributed by atoms with van der Waals surface area (Å²) in [5, 5.41) is 14.5. The lowest BCUT2D eigenvalue weighted by molar-refractivity contribution is 0.0739. The summed E-state index contributed by atoms with van der Waals surface area (Å²) in [5.41, 5.74) is 1.23. The summed E-state index contributed by atoms with van der Waals surface area (Å²) in [4.78, 5) is 10.7. The summed E-state index contributed by atoms with van der Waals surface area (Å²) >= 11 is 1.44. The Kier molecular flexibility index (Phi) is 4.60. The molecule has 3 aromatic heterocycles. The second-order valence-electron chi connectivity index (χ2n) is 7.76. The maximum atomic E-state index is 14.4. The smallest absolute Gasteiger partial charge is 0.173 e. The van der Waals surface area contributed by atoms with Gasteiger partial charge < -0.3 is 9.84 Å². The van der Waals surface area contributed by atoms with Crippen LogP contribution in [0.5, 0.6) is 5.75 Å². The van der Waals surface area contributed by atoms with Crippen molar-refractivity contribution in [1.82, 2.24) is 19.7 Å². The first-order valence-corrected chi connectivity index (χ1v) is 10.5. The van der Waals surface area contributed by atoms with Gasteiger partial charge in [0.25, 0.3) is 0 Å². The van der Waals surface area contributed by atoms with Gasteiger partial charge in [-0.2, -0.15) is 5.10 Å². The number of fused-ring (bicyclic) bond motifs is 3. The van der Waals surface area contributed by atoms with E-state index in [0.717, 1.165) is 21.4 Å². The first-order chi connectivity index (χ1) is 14.8. The highest BCUT2D eigenvalue weighted by Crippen LogP contribution is 2.43. The van der Waals surface area contributed by atoms with Gasteiger partial charge in [0.2, 0.25) is 0 Å². The summed E-state index contributed by atoms with van der Waals surface area (Å²) in [5.74, 6) is -0.285.